The Hall–Kier alpha value is -0.580. The third-order valence-electron chi connectivity index (χ3n) is 3.16. The second-order valence-electron chi connectivity index (χ2n) is 4.63. The lowest BCUT2D eigenvalue weighted by atomic mass is 10.1. The fourth-order valence-corrected chi connectivity index (χ4v) is 2.57. The molecule has 0 heterocycles. The van der Waals surface area contributed by atoms with Crippen LogP contribution in [0.5, 0.6) is 5.75 Å². The Morgan fingerprint density at radius 1 is 1.47 bits per heavy atom. The molecule has 2 rings (SSSR count). The molecule has 17 heavy (non-hydrogen) atoms. The van der Waals surface area contributed by atoms with E-state index in [4.69, 9.17) is 10.5 Å². The summed E-state index contributed by atoms with van der Waals surface area (Å²) in [4.78, 5) is 0. The van der Waals surface area contributed by atoms with Gasteiger partial charge in [0.05, 0.1) is 6.10 Å². The maximum Gasteiger partial charge on any atom is 0.124 e. The van der Waals surface area contributed by atoms with Crippen LogP contribution in [0, 0.1) is 0 Å². The van der Waals surface area contributed by atoms with Crippen molar-refractivity contribution >= 4 is 15.9 Å². The summed E-state index contributed by atoms with van der Waals surface area (Å²) >= 11 is 3.43. The van der Waals surface area contributed by atoms with Gasteiger partial charge in [0, 0.05) is 16.1 Å². The SMILES string of the molecule is CC(N)c1cc(Br)ccc1OC1CCCC1O. The Kier molecular flexibility index (Phi) is 4.07. The van der Waals surface area contributed by atoms with E-state index in [9.17, 15) is 5.11 Å². The summed E-state index contributed by atoms with van der Waals surface area (Å²) in [5.74, 6) is 0.786. The molecule has 3 atom stereocenters. The highest BCUT2D eigenvalue weighted by Crippen LogP contribution is 2.31. The first-order valence-corrected chi connectivity index (χ1v) is 6.77. The first kappa shape index (κ1) is 12.9. The molecule has 0 aromatic heterocycles. The number of ether oxygens (including phenoxy) is 1. The number of hydrogen-bond donors (Lipinski definition) is 2. The fraction of sp³-hybridized carbons (Fsp3) is 0.538. The van der Waals surface area contributed by atoms with Crippen LogP contribution in [0.3, 0.4) is 0 Å². The Morgan fingerprint density at radius 2 is 2.24 bits per heavy atom. The van der Waals surface area contributed by atoms with Crippen LogP contribution >= 0.6 is 15.9 Å². The average molecular weight is 300 g/mol. The average Bonchev–Trinajstić information content (AvgIpc) is 2.67. The summed E-state index contributed by atoms with van der Waals surface area (Å²) < 4.78 is 6.87. The molecule has 0 spiro atoms. The summed E-state index contributed by atoms with van der Waals surface area (Å²) in [5, 5.41) is 9.77. The van der Waals surface area contributed by atoms with Crippen molar-refractivity contribution in [3.8, 4) is 5.75 Å². The lowest BCUT2D eigenvalue weighted by molar-refractivity contribution is 0.0596. The predicted molar refractivity (Wildman–Crippen MR) is 71.0 cm³/mol. The van der Waals surface area contributed by atoms with Gasteiger partial charge < -0.3 is 15.6 Å². The molecule has 3 N–H and O–H groups in total. The molecule has 0 aliphatic heterocycles. The van der Waals surface area contributed by atoms with E-state index in [2.05, 4.69) is 15.9 Å². The summed E-state index contributed by atoms with van der Waals surface area (Å²) in [5.41, 5.74) is 6.90. The van der Waals surface area contributed by atoms with E-state index in [1.807, 2.05) is 25.1 Å². The Bertz CT molecular complexity index is 395. The highest BCUT2D eigenvalue weighted by molar-refractivity contribution is 9.10. The molecule has 1 fully saturated rings. The van der Waals surface area contributed by atoms with Gasteiger partial charge in [0.1, 0.15) is 11.9 Å². The smallest absolute Gasteiger partial charge is 0.124 e. The van der Waals surface area contributed by atoms with E-state index < -0.39 is 0 Å². The summed E-state index contributed by atoms with van der Waals surface area (Å²) in [6.07, 6.45) is 2.33. The van der Waals surface area contributed by atoms with Gasteiger partial charge in [-0.3, -0.25) is 0 Å². The molecule has 1 aliphatic rings. The lowest BCUT2D eigenvalue weighted by Gasteiger charge is -2.21. The second kappa shape index (κ2) is 5.38. The highest BCUT2D eigenvalue weighted by atomic mass is 79.9. The van der Waals surface area contributed by atoms with E-state index in [0.29, 0.717) is 0 Å². The molecule has 1 aromatic rings. The number of aliphatic hydroxyl groups is 1. The molecule has 4 heteroatoms. The standard InChI is InChI=1S/C13H18BrNO2/c1-8(15)10-7-9(14)5-6-12(10)17-13-4-2-3-11(13)16/h5-8,11,13,16H,2-4,15H2,1H3. The molecule has 0 radical (unpaired) electrons. The topological polar surface area (TPSA) is 55.5 Å². The molecule has 3 nitrogen and oxygen atoms in total. The van der Waals surface area contributed by atoms with Gasteiger partial charge in [0.15, 0.2) is 0 Å². The summed E-state index contributed by atoms with van der Waals surface area (Å²) in [7, 11) is 0. The van der Waals surface area contributed by atoms with Gasteiger partial charge in [0.25, 0.3) is 0 Å². The van der Waals surface area contributed by atoms with E-state index in [1.54, 1.807) is 0 Å². The fourth-order valence-electron chi connectivity index (χ4n) is 2.19. The Labute approximate surface area is 110 Å². The van der Waals surface area contributed by atoms with Crippen molar-refractivity contribution in [2.24, 2.45) is 5.73 Å². The van der Waals surface area contributed by atoms with E-state index >= 15 is 0 Å². The predicted octanol–water partition coefficient (Wildman–Crippen LogP) is 2.76. The first-order valence-electron chi connectivity index (χ1n) is 5.97. The highest BCUT2D eigenvalue weighted by Gasteiger charge is 2.27. The molecule has 1 saturated carbocycles. The van der Waals surface area contributed by atoms with Crippen LogP contribution in [0.2, 0.25) is 0 Å². The molecular formula is C13H18BrNO2. The number of nitrogens with two attached hydrogens (primary N) is 1. The Morgan fingerprint density at radius 3 is 2.82 bits per heavy atom. The van der Waals surface area contributed by atoms with Gasteiger partial charge in [-0.1, -0.05) is 15.9 Å². The van der Waals surface area contributed by atoms with Gasteiger partial charge in [-0.2, -0.15) is 0 Å². The zero-order valence-electron chi connectivity index (χ0n) is 9.90. The molecule has 1 aromatic carbocycles. The lowest BCUT2D eigenvalue weighted by Crippen LogP contribution is -2.26. The van der Waals surface area contributed by atoms with E-state index in [1.165, 1.54) is 0 Å². The summed E-state index contributed by atoms with van der Waals surface area (Å²) in [6.45, 7) is 1.93. The normalized spacial score (nSPS) is 25.9. The monoisotopic (exact) mass is 299 g/mol. The van der Waals surface area contributed by atoms with Crippen LogP contribution in [0.4, 0.5) is 0 Å². The van der Waals surface area contributed by atoms with Gasteiger partial charge >= 0.3 is 0 Å². The van der Waals surface area contributed by atoms with Crippen molar-refractivity contribution in [2.75, 3.05) is 0 Å². The minimum atomic E-state index is -0.348. The van der Waals surface area contributed by atoms with Crippen molar-refractivity contribution < 1.29 is 9.84 Å². The van der Waals surface area contributed by atoms with Crippen LogP contribution in [0.25, 0.3) is 0 Å². The van der Waals surface area contributed by atoms with E-state index in [0.717, 1.165) is 35.0 Å². The molecule has 3 unspecified atom stereocenters. The molecule has 0 saturated heterocycles. The van der Waals surface area contributed by atoms with Crippen LogP contribution in [-0.2, 0) is 0 Å². The first-order chi connectivity index (χ1) is 8.08. The van der Waals surface area contributed by atoms with Crippen molar-refractivity contribution in [1.29, 1.82) is 0 Å². The zero-order valence-corrected chi connectivity index (χ0v) is 11.5. The molecule has 0 amide bonds. The molecule has 94 valence electrons. The number of halogens is 1. The van der Waals surface area contributed by atoms with Crippen molar-refractivity contribution in [3.63, 3.8) is 0 Å². The quantitative estimate of drug-likeness (QED) is 0.902. The number of hydrogen-bond acceptors (Lipinski definition) is 3. The number of benzene rings is 1. The minimum absolute atomic E-state index is 0.0824. The van der Waals surface area contributed by atoms with Crippen LogP contribution in [-0.4, -0.2) is 17.3 Å². The summed E-state index contributed by atoms with van der Waals surface area (Å²) in [6, 6.07) is 5.73. The third kappa shape index (κ3) is 3.00. The van der Waals surface area contributed by atoms with Crippen molar-refractivity contribution in [2.45, 2.75) is 44.4 Å². The number of rotatable bonds is 3. The Balaban J connectivity index is 2.19. The zero-order chi connectivity index (χ0) is 12.4. The van der Waals surface area contributed by atoms with Gasteiger partial charge in [-0.15, -0.1) is 0 Å². The number of aliphatic hydroxyl groups excluding tert-OH is 1. The largest absolute Gasteiger partial charge is 0.487 e. The van der Waals surface area contributed by atoms with Gasteiger partial charge in [-0.25, -0.2) is 0 Å². The molecular weight excluding hydrogens is 282 g/mol. The van der Waals surface area contributed by atoms with Gasteiger partial charge in [0.2, 0.25) is 0 Å². The second-order valence-corrected chi connectivity index (χ2v) is 5.54. The van der Waals surface area contributed by atoms with Crippen molar-refractivity contribution in [3.05, 3.63) is 28.2 Å². The van der Waals surface area contributed by atoms with Gasteiger partial charge in [-0.05, 0) is 44.4 Å². The maximum atomic E-state index is 9.77. The van der Waals surface area contributed by atoms with E-state index in [-0.39, 0.29) is 18.2 Å². The molecule has 1 aliphatic carbocycles. The van der Waals surface area contributed by atoms with Crippen LogP contribution in [0.15, 0.2) is 22.7 Å². The maximum absolute atomic E-state index is 9.77. The van der Waals surface area contributed by atoms with Crippen LogP contribution < -0.4 is 10.5 Å². The molecule has 0 bridgehead atoms. The third-order valence-corrected chi connectivity index (χ3v) is 3.65. The van der Waals surface area contributed by atoms with Crippen LogP contribution in [0.1, 0.15) is 37.8 Å². The minimum Gasteiger partial charge on any atom is -0.487 e. The van der Waals surface area contributed by atoms with Crippen molar-refractivity contribution in [1.82, 2.24) is 0 Å².